The Balaban J connectivity index is 1.10. The Bertz CT molecular complexity index is 1770. The maximum Gasteiger partial charge on any atom is 0.338 e. The van der Waals surface area contributed by atoms with Gasteiger partial charge in [-0.25, -0.2) is 9.59 Å². The number of methoxy groups -OCH3 is 1. The van der Waals surface area contributed by atoms with Gasteiger partial charge in [-0.2, -0.15) is 0 Å². The molecular weight excluding hydrogens is 772 g/mol. The lowest BCUT2D eigenvalue weighted by atomic mass is 9.42. The molecular formula is C43H58O16. The summed E-state index contributed by atoms with van der Waals surface area (Å²) in [6, 6.07) is 6.05. The van der Waals surface area contributed by atoms with Crippen LogP contribution in [0, 0.1) is 34.5 Å². The minimum Gasteiger partial charge on any atom is -0.497 e. The number of aliphatic hydroxyl groups excluding tert-OH is 4. The SMILES string of the molecule is COc1ccc(C(=O)O[C@H]2[C@H](O[C@@H]3[C@@H](OC(C)=O)[C@H](O[C@@H]4C[C@H]5[C@@H](CC[C@@H]6C[C@@H](O)CC[C@@]65C)[C@]5(O)CC[C@@H](C6=CC(=O)OC6)[C@@]45C)OC[C@@H]3O)OC[C@@H](O)[C@@H]2O)cc1. The average Bonchev–Trinajstić information content (AvgIpc) is 3.76. The highest BCUT2D eigenvalue weighted by atomic mass is 16.7. The van der Waals surface area contributed by atoms with Crippen molar-refractivity contribution in [2.75, 3.05) is 26.9 Å². The van der Waals surface area contributed by atoms with Crippen LogP contribution in [0.4, 0.5) is 0 Å². The van der Waals surface area contributed by atoms with Gasteiger partial charge < -0.3 is 63.4 Å². The van der Waals surface area contributed by atoms with Crippen LogP contribution in [0.2, 0.25) is 0 Å². The molecule has 8 rings (SSSR count). The standard InChI is InChI=1S/C43H58O16/c1-21(44)56-37-35(59-39-36(34(49)30(46)19-54-39)58-38(50)22-5-8-26(52-4)9-6-22)31(47)20-55-40(37)57-32-17-29-28(10-7-24-16-25(45)11-13-41(24,29)2)43(51)14-12-27(42(32,43)3)23-15-33(48)53-18-23/h5-6,8-9,15,24-25,27-32,34-37,39-40,45-47,49,51H,7,10-14,16-20H2,1-4H3/t24-,25+,27+,28-,29+,30-,31+,32-,34+,35+,36-,37-,39+,40+,41+,42+,43-/m1/s1. The molecule has 326 valence electrons. The molecule has 3 heterocycles. The Morgan fingerprint density at radius 2 is 1.53 bits per heavy atom. The van der Waals surface area contributed by atoms with Gasteiger partial charge in [-0.3, -0.25) is 4.79 Å². The zero-order valence-corrected chi connectivity index (χ0v) is 34.0. The number of rotatable bonds is 9. The van der Waals surface area contributed by atoms with Crippen molar-refractivity contribution in [1.82, 2.24) is 0 Å². The summed E-state index contributed by atoms with van der Waals surface area (Å²) in [6.07, 6.45) is -6.03. The third kappa shape index (κ3) is 7.39. The van der Waals surface area contributed by atoms with Crippen LogP contribution in [0.5, 0.6) is 5.75 Å². The van der Waals surface area contributed by atoms with Crippen LogP contribution >= 0.6 is 0 Å². The van der Waals surface area contributed by atoms with Gasteiger partial charge in [0, 0.05) is 18.4 Å². The lowest BCUT2D eigenvalue weighted by Gasteiger charge is -2.65. The molecule has 16 nitrogen and oxygen atoms in total. The van der Waals surface area contributed by atoms with Crippen molar-refractivity contribution < 1.29 is 77.8 Å². The molecule has 59 heavy (non-hydrogen) atoms. The Hall–Kier alpha value is -3.19. The van der Waals surface area contributed by atoms with Crippen molar-refractivity contribution >= 4 is 17.9 Å². The molecule has 1 aromatic carbocycles. The van der Waals surface area contributed by atoms with Crippen LogP contribution in [-0.2, 0) is 42.7 Å². The second-order valence-electron chi connectivity index (χ2n) is 18.2. The zero-order chi connectivity index (χ0) is 42.0. The molecule has 0 radical (unpaired) electrons. The zero-order valence-electron chi connectivity index (χ0n) is 34.0. The number of benzene rings is 1. The van der Waals surface area contributed by atoms with E-state index in [2.05, 4.69) is 6.92 Å². The fourth-order valence-electron chi connectivity index (χ4n) is 12.1. The Morgan fingerprint density at radius 3 is 2.20 bits per heavy atom. The summed E-state index contributed by atoms with van der Waals surface area (Å²) in [4.78, 5) is 38.5. The number of hydrogen-bond acceptors (Lipinski definition) is 16. The number of ether oxygens (including phenoxy) is 8. The summed E-state index contributed by atoms with van der Waals surface area (Å²) >= 11 is 0. The molecule has 16 heteroatoms. The van der Waals surface area contributed by atoms with Crippen LogP contribution in [0.15, 0.2) is 35.9 Å². The smallest absolute Gasteiger partial charge is 0.338 e. The first-order chi connectivity index (χ1) is 28.1. The number of hydrogen-bond donors (Lipinski definition) is 5. The largest absolute Gasteiger partial charge is 0.497 e. The Morgan fingerprint density at radius 1 is 0.814 bits per heavy atom. The third-order valence-corrected chi connectivity index (χ3v) is 15.3. The highest BCUT2D eigenvalue weighted by Crippen LogP contribution is 2.70. The molecule has 7 aliphatic rings. The van der Waals surface area contributed by atoms with E-state index in [1.807, 2.05) is 6.92 Å². The van der Waals surface area contributed by atoms with Gasteiger partial charge in [0.15, 0.2) is 24.8 Å². The lowest BCUT2D eigenvalue weighted by molar-refractivity contribution is -0.353. The van der Waals surface area contributed by atoms with Crippen LogP contribution in [0.3, 0.4) is 0 Å². The first kappa shape index (κ1) is 42.5. The molecule has 4 aliphatic carbocycles. The van der Waals surface area contributed by atoms with Crippen molar-refractivity contribution in [3.63, 3.8) is 0 Å². The summed E-state index contributed by atoms with van der Waals surface area (Å²) in [6.45, 7) is 4.84. The van der Waals surface area contributed by atoms with E-state index in [0.717, 1.165) is 24.8 Å². The molecule has 2 saturated heterocycles. The molecule has 5 N–H and O–H groups in total. The van der Waals surface area contributed by atoms with E-state index in [9.17, 15) is 39.9 Å². The summed E-state index contributed by atoms with van der Waals surface area (Å²) in [5.74, 6) is -1.64. The van der Waals surface area contributed by atoms with Crippen molar-refractivity contribution in [3.8, 4) is 5.75 Å². The highest BCUT2D eigenvalue weighted by molar-refractivity contribution is 5.89. The Kier molecular flexibility index (Phi) is 11.7. The van der Waals surface area contributed by atoms with Crippen LogP contribution in [-0.4, -0.2) is 137 Å². The number of carbonyl (C=O) groups is 3. The molecule has 6 fully saturated rings. The van der Waals surface area contributed by atoms with E-state index in [-0.39, 0.29) is 54.0 Å². The molecule has 0 amide bonds. The van der Waals surface area contributed by atoms with Crippen molar-refractivity contribution in [3.05, 3.63) is 41.5 Å². The maximum absolute atomic E-state index is 13.3. The van der Waals surface area contributed by atoms with Gasteiger partial charge in [0.1, 0.15) is 36.8 Å². The lowest BCUT2D eigenvalue weighted by Crippen LogP contribution is -2.69. The highest BCUT2D eigenvalue weighted by Gasteiger charge is 2.72. The van der Waals surface area contributed by atoms with Gasteiger partial charge in [0.05, 0.1) is 43.7 Å². The quantitative estimate of drug-likeness (QED) is 0.136. The number of cyclic esters (lactones) is 1. The molecule has 1 aromatic rings. The molecule has 0 bridgehead atoms. The maximum atomic E-state index is 13.3. The van der Waals surface area contributed by atoms with Gasteiger partial charge in [-0.05, 0) is 110 Å². The van der Waals surface area contributed by atoms with E-state index in [1.54, 1.807) is 12.1 Å². The molecule has 3 aliphatic heterocycles. The van der Waals surface area contributed by atoms with Crippen molar-refractivity contribution in [2.24, 2.45) is 34.5 Å². The van der Waals surface area contributed by atoms with E-state index in [1.165, 1.54) is 32.2 Å². The van der Waals surface area contributed by atoms with Gasteiger partial charge in [0.25, 0.3) is 0 Å². The third-order valence-electron chi connectivity index (χ3n) is 15.3. The van der Waals surface area contributed by atoms with Gasteiger partial charge in [-0.1, -0.05) is 13.8 Å². The molecule has 0 aromatic heterocycles. The first-order valence-electron chi connectivity index (χ1n) is 21.0. The molecule has 0 spiro atoms. The fraction of sp³-hybridized carbons (Fsp3) is 0.744. The van der Waals surface area contributed by atoms with Gasteiger partial charge in [0.2, 0.25) is 0 Å². The Labute approximate surface area is 343 Å². The number of aliphatic hydroxyl groups is 5. The van der Waals surface area contributed by atoms with E-state index in [0.29, 0.717) is 37.9 Å². The fourth-order valence-corrected chi connectivity index (χ4v) is 12.1. The number of carbonyl (C=O) groups excluding carboxylic acids is 3. The predicted octanol–water partition coefficient (Wildman–Crippen LogP) is 1.95. The summed E-state index contributed by atoms with van der Waals surface area (Å²) in [5.41, 5.74) is -1.48. The van der Waals surface area contributed by atoms with Crippen LogP contribution < -0.4 is 4.74 Å². The van der Waals surface area contributed by atoms with E-state index >= 15 is 0 Å². The summed E-state index contributed by atoms with van der Waals surface area (Å²) < 4.78 is 47.3. The molecule has 0 unspecified atom stereocenters. The normalized spacial score (nSPS) is 45.6. The van der Waals surface area contributed by atoms with E-state index in [4.69, 9.17) is 37.9 Å². The van der Waals surface area contributed by atoms with Crippen LogP contribution in [0.25, 0.3) is 0 Å². The van der Waals surface area contributed by atoms with E-state index < -0.39 is 90.8 Å². The van der Waals surface area contributed by atoms with Gasteiger partial charge in [-0.15, -0.1) is 0 Å². The number of esters is 3. The molecule has 17 atom stereocenters. The predicted molar refractivity (Wildman–Crippen MR) is 202 cm³/mol. The topological polar surface area (TPSA) is 226 Å². The summed E-state index contributed by atoms with van der Waals surface area (Å²) in [5, 5.41) is 56.9. The van der Waals surface area contributed by atoms with Gasteiger partial charge >= 0.3 is 17.9 Å². The second-order valence-corrected chi connectivity index (χ2v) is 18.2. The van der Waals surface area contributed by atoms with Crippen molar-refractivity contribution in [1.29, 1.82) is 0 Å². The molecule has 4 saturated carbocycles. The first-order valence-corrected chi connectivity index (χ1v) is 21.0. The number of fused-ring (bicyclic) bond motifs is 5. The van der Waals surface area contributed by atoms with Crippen molar-refractivity contribution in [2.45, 2.75) is 139 Å². The minimum atomic E-state index is -1.65. The minimum absolute atomic E-state index is 0.00381. The summed E-state index contributed by atoms with van der Waals surface area (Å²) in [7, 11) is 1.48. The average molecular weight is 831 g/mol. The second kappa shape index (κ2) is 16.3. The van der Waals surface area contributed by atoms with Crippen LogP contribution in [0.1, 0.15) is 82.5 Å². The monoisotopic (exact) mass is 830 g/mol.